The van der Waals surface area contributed by atoms with Crippen LogP contribution in [0.5, 0.6) is 0 Å². The van der Waals surface area contributed by atoms with Gasteiger partial charge in [-0.05, 0) is 51.7 Å². The molecule has 1 fully saturated rings. The Hall–Kier alpha value is -2.10. The molecule has 1 saturated carbocycles. The summed E-state index contributed by atoms with van der Waals surface area (Å²) < 4.78 is 5.81. The summed E-state index contributed by atoms with van der Waals surface area (Å²) in [5.74, 6) is 1.69. The predicted octanol–water partition coefficient (Wildman–Crippen LogP) is 4.34. The first kappa shape index (κ1) is 16.7. The highest BCUT2D eigenvalue weighted by atomic mass is 16.4. The fraction of sp³-hybridized carbons (Fsp3) is 0.500. The van der Waals surface area contributed by atoms with E-state index in [0.717, 1.165) is 42.7 Å². The van der Waals surface area contributed by atoms with Gasteiger partial charge >= 0.3 is 0 Å². The lowest BCUT2D eigenvalue weighted by molar-refractivity contribution is -0.121. The second-order valence-electron chi connectivity index (χ2n) is 6.79. The Morgan fingerprint density at radius 3 is 2.83 bits per heavy atom. The van der Waals surface area contributed by atoms with Crippen LogP contribution < -0.4 is 5.32 Å². The van der Waals surface area contributed by atoms with Gasteiger partial charge in [0.25, 0.3) is 0 Å². The van der Waals surface area contributed by atoms with Gasteiger partial charge in [-0.25, -0.2) is 4.98 Å². The molecule has 0 unspecified atom stereocenters. The maximum Gasteiger partial charge on any atom is 0.226 e. The molecule has 1 aromatic carbocycles. The van der Waals surface area contributed by atoms with Crippen LogP contribution in [0.3, 0.4) is 0 Å². The summed E-state index contributed by atoms with van der Waals surface area (Å²) in [5, 5.41) is 3.13. The van der Waals surface area contributed by atoms with Crippen LogP contribution in [0, 0.1) is 13.8 Å². The smallest absolute Gasteiger partial charge is 0.226 e. The lowest BCUT2D eigenvalue weighted by Gasteiger charge is -2.11. The molecule has 1 amide bonds. The molecule has 0 spiro atoms. The summed E-state index contributed by atoms with van der Waals surface area (Å²) in [6.07, 6.45) is 6.89. The van der Waals surface area contributed by atoms with E-state index in [4.69, 9.17) is 4.42 Å². The molecule has 0 aliphatic heterocycles. The van der Waals surface area contributed by atoms with Gasteiger partial charge in [0.2, 0.25) is 11.8 Å². The second kappa shape index (κ2) is 7.65. The van der Waals surface area contributed by atoms with Crippen LogP contribution in [0.1, 0.15) is 55.5 Å². The minimum atomic E-state index is 0.168. The molecule has 0 saturated heterocycles. The van der Waals surface area contributed by atoms with E-state index in [1.54, 1.807) is 0 Å². The summed E-state index contributed by atoms with van der Waals surface area (Å²) in [6.45, 7) is 4.00. The highest BCUT2D eigenvalue weighted by Crippen LogP contribution is 2.23. The monoisotopic (exact) mass is 326 g/mol. The van der Waals surface area contributed by atoms with Crippen LogP contribution in [-0.4, -0.2) is 16.9 Å². The fourth-order valence-electron chi connectivity index (χ4n) is 3.35. The van der Waals surface area contributed by atoms with Crippen molar-refractivity contribution in [2.24, 2.45) is 0 Å². The molecule has 3 rings (SSSR count). The van der Waals surface area contributed by atoms with E-state index in [9.17, 15) is 4.79 Å². The van der Waals surface area contributed by atoms with E-state index in [0.29, 0.717) is 18.4 Å². The Kier molecular flexibility index (Phi) is 5.34. The highest BCUT2D eigenvalue weighted by Gasteiger charge is 2.17. The minimum Gasteiger partial charge on any atom is -0.441 e. The fourth-order valence-corrected chi connectivity index (χ4v) is 3.35. The molecule has 2 aromatic rings. The molecule has 1 N–H and O–H groups in total. The quantitative estimate of drug-likeness (QED) is 0.859. The topological polar surface area (TPSA) is 55.1 Å². The first-order valence-corrected chi connectivity index (χ1v) is 8.94. The van der Waals surface area contributed by atoms with Crippen molar-refractivity contribution < 1.29 is 9.21 Å². The van der Waals surface area contributed by atoms with Crippen molar-refractivity contribution in [3.63, 3.8) is 0 Å². The first-order chi connectivity index (χ1) is 11.6. The average molecular weight is 326 g/mol. The Balaban J connectivity index is 1.53. The summed E-state index contributed by atoms with van der Waals surface area (Å²) >= 11 is 0. The van der Waals surface area contributed by atoms with Crippen LogP contribution in [0.2, 0.25) is 0 Å². The number of aromatic nitrogens is 1. The molecule has 4 nitrogen and oxygen atoms in total. The van der Waals surface area contributed by atoms with Gasteiger partial charge < -0.3 is 9.73 Å². The zero-order valence-corrected chi connectivity index (χ0v) is 14.6. The molecule has 1 heterocycles. The summed E-state index contributed by atoms with van der Waals surface area (Å²) in [4.78, 5) is 16.6. The lowest BCUT2D eigenvalue weighted by Crippen LogP contribution is -2.32. The SMILES string of the molecule is Cc1cccc(-c2nc(CCCC(=O)NC3CCCC3)c(C)o2)c1. The van der Waals surface area contributed by atoms with Crippen molar-refractivity contribution in [3.8, 4) is 11.5 Å². The third-order valence-electron chi connectivity index (χ3n) is 4.70. The van der Waals surface area contributed by atoms with Gasteiger partial charge in [0.05, 0.1) is 5.69 Å². The van der Waals surface area contributed by atoms with Crippen molar-refractivity contribution in [1.82, 2.24) is 10.3 Å². The van der Waals surface area contributed by atoms with Crippen LogP contribution >= 0.6 is 0 Å². The van der Waals surface area contributed by atoms with Crippen LogP contribution in [0.4, 0.5) is 0 Å². The first-order valence-electron chi connectivity index (χ1n) is 8.94. The highest BCUT2D eigenvalue weighted by molar-refractivity contribution is 5.76. The van der Waals surface area contributed by atoms with Crippen LogP contribution in [0.15, 0.2) is 28.7 Å². The molecule has 128 valence electrons. The molecule has 1 aliphatic carbocycles. The van der Waals surface area contributed by atoms with Crippen LogP contribution in [-0.2, 0) is 11.2 Å². The van der Waals surface area contributed by atoms with Gasteiger partial charge in [-0.3, -0.25) is 4.79 Å². The Morgan fingerprint density at radius 1 is 1.29 bits per heavy atom. The van der Waals surface area contributed by atoms with Gasteiger partial charge in [-0.2, -0.15) is 0 Å². The molecule has 1 aromatic heterocycles. The van der Waals surface area contributed by atoms with Crippen molar-refractivity contribution in [2.45, 2.75) is 64.8 Å². The molecule has 0 bridgehead atoms. The molecular formula is C20H26N2O2. The maximum atomic E-state index is 12.0. The molecular weight excluding hydrogens is 300 g/mol. The van der Waals surface area contributed by atoms with E-state index in [2.05, 4.69) is 29.4 Å². The van der Waals surface area contributed by atoms with Crippen molar-refractivity contribution in [2.75, 3.05) is 0 Å². The van der Waals surface area contributed by atoms with Gasteiger partial charge in [-0.1, -0.05) is 30.5 Å². The van der Waals surface area contributed by atoms with Crippen LogP contribution in [0.25, 0.3) is 11.5 Å². The van der Waals surface area contributed by atoms with E-state index in [1.165, 1.54) is 18.4 Å². The third kappa shape index (κ3) is 4.25. The lowest BCUT2D eigenvalue weighted by atomic mass is 10.1. The average Bonchev–Trinajstić information content (AvgIpc) is 3.18. The summed E-state index contributed by atoms with van der Waals surface area (Å²) in [6, 6.07) is 8.56. The number of hydrogen-bond acceptors (Lipinski definition) is 3. The number of carbonyl (C=O) groups is 1. The number of amides is 1. The third-order valence-corrected chi connectivity index (χ3v) is 4.70. The Morgan fingerprint density at radius 2 is 2.08 bits per heavy atom. The van der Waals surface area contributed by atoms with Gasteiger partial charge in [0.1, 0.15) is 5.76 Å². The standard InChI is InChI=1S/C20H26N2O2/c1-14-7-5-8-16(13-14)20-22-18(15(2)24-20)11-6-12-19(23)21-17-9-3-4-10-17/h5,7-8,13,17H,3-4,6,9-12H2,1-2H3,(H,21,23). The van der Waals surface area contributed by atoms with E-state index in [1.807, 2.05) is 19.1 Å². The number of nitrogens with zero attached hydrogens (tertiary/aromatic N) is 1. The number of nitrogens with one attached hydrogen (secondary N) is 1. The van der Waals surface area contributed by atoms with E-state index >= 15 is 0 Å². The predicted molar refractivity (Wildman–Crippen MR) is 94.7 cm³/mol. The Bertz CT molecular complexity index is 699. The largest absolute Gasteiger partial charge is 0.441 e. The maximum absolute atomic E-state index is 12.0. The minimum absolute atomic E-state index is 0.168. The van der Waals surface area contributed by atoms with Gasteiger partial charge in [-0.15, -0.1) is 0 Å². The number of benzene rings is 1. The number of aryl methyl sites for hydroxylation is 3. The number of carbonyl (C=O) groups excluding carboxylic acids is 1. The van der Waals surface area contributed by atoms with Crippen molar-refractivity contribution in [3.05, 3.63) is 41.3 Å². The molecule has 0 radical (unpaired) electrons. The van der Waals surface area contributed by atoms with Gasteiger partial charge in [0, 0.05) is 18.0 Å². The summed E-state index contributed by atoms with van der Waals surface area (Å²) in [7, 11) is 0. The molecule has 0 atom stereocenters. The number of oxazole rings is 1. The van der Waals surface area contributed by atoms with Gasteiger partial charge in [0.15, 0.2) is 0 Å². The zero-order chi connectivity index (χ0) is 16.9. The Labute approximate surface area is 143 Å². The second-order valence-corrected chi connectivity index (χ2v) is 6.79. The normalized spacial score (nSPS) is 14.9. The van der Waals surface area contributed by atoms with Crippen molar-refractivity contribution in [1.29, 1.82) is 0 Å². The molecule has 24 heavy (non-hydrogen) atoms. The van der Waals surface area contributed by atoms with E-state index in [-0.39, 0.29) is 5.91 Å². The molecule has 1 aliphatic rings. The molecule has 4 heteroatoms. The van der Waals surface area contributed by atoms with Crippen molar-refractivity contribution >= 4 is 5.91 Å². The zero-order valence-electron chi connectivity index (χ0n) is 14.6. The number of rotatable bonds is 6. The summed E-state index contributed by atoms with van der Waals surface area (Å²) in [5.41, 5.74) is 3.15. The van der Waals surface area contributed by atoms with E-state index < -0.39 is 0 Å². The number of hydrogen-bond donors (Lipinski definition) is 1.